The normalized spacial score (nSPS) is 13.5. The van der Waals surface area contributed by atoms with Crippen LogP contribution in [0, 0.1) is 5.41 Å². The van der Waals surface area contributed by atoms with Gasteiger partial charge in [-0.25, -0.2) is 0 Å². The third-order valence-corrected chi connectivity index (χ3v) is 3.40. The molecular weight excluding hydrogens is 232 g/mol. The second-order valence-electron chi connectivity index (χ2n) is 6.61. The quantitative estimate of drug-likeness (QED) is 0.759. The number of hydrogen-bond donors (Lipinski definition) is 1. The lowest BCUT2D eigenvalue weighted by Gasteiger charge is -2.24. The molecule has 1 atom stereocenters. The second-order valence-corrected chi connectivity index (χ2v) is 6.61. The highest BCUT2D eigenvalue weighted by Crippen LogP contribution is 2.22. The van der Waals surface area contributed by atoms with Crippen LogP contribution >= 0.6 is 0 Å². The van der Waals surface area contributed by atoms with Crippen molar-refractivity contribution in [3.8, 4) is 0 Å². The third kappa shape index (κ3) is 7.99. The zero-order valence-corrected chi connectivity index (χ0v) is 13.1. The first kappa shape index (κ1) is 16.2. The van der Waals surface area contributed by atoms with E-state index in [0.717, 1.165) is 13.0 Å². The van der Waals surface area contributed by atoms with Gasteiger partial charge in [-0.05, 0) is 56.2 Å². The van der Waals surface area contributed by atoms with Crippen molar-refractivity contribution < 1.29 is 0 Å². The van der Waals surface area contributed by atoms with Crippen LogP contribution in [-0.2, 0) is 6.42 Å². The van der Waals surface area contributed by atoms with Crippen LogP contribution in [0.3, 0.4) is 0 Å². The van der Waals surface area contributed by atoms with Gasteiger partial charge in [0.15, 0.2) is 0 Å². The lowest BCUT2D eigenvalue weighted by molar-refractivity contribution is 0.322. The summed E-state index contributed by atoms with van der Waals surface area (Å²) in [4.78, 5) is 4.41. The highest BCUT2D eigenvalue weighted by atomic mass is 14.9. The summed E-state index contributed by atoms with van der Waals surface area (Å²) in [6.07, 6.45) is 7.89. The maximum atomic E-state index is 4.41. The van der Waals surface area contributed by atoms with E-state index in [9.17, 15) is 0 Å². The first-order valence-corrected chi connectivity index (χ1v) is 7.64. The van der Waals surface area contributed by atoms with E-state index in [4.69, 9.17) is 0 Å². The van der Waals surface area contributed by atoms with Gasteiger partial charge >= 0.3 is 0 Å². The van der Waals surface area contributed by atoms with Crippen molar-refractivity contribution in [1.29, 1.82) is 0 Å². The molecule has 0 saturated carbocycles. The van der Waals surface area contributed by atoms with Crippen LogP contribution in [-0.4, -0.2) is 17.6 Å². The molecule has 108 valence electrons. The van der Waals surface area contributed by atoms with Crippen molar-refractivity contribution in [2.45, 2.75) is 65.8 Å². The van der Waals surface area contributed by atoms with E-state index in [0.29, 0.717) is 11.5 Å². The number of hydrogen-bond acceptors (Lipinski definition) is 2. The van der Waals surface area contributed by atoms with Gasteiger partial charge in [-0.1, -0.05) is 33.8 Å². The fourth-order valence-electron chi connectivity index (χ4n) is 2.17. The van der Waals surface area contributed by atoms with E-state index in [1.807, 2.05) is 12.3 Å². The lowest BCUT2D eigenvalue weighted by atomic mass is 9.87. The third-order valence-electron chi connectivity index (χ3n) is 3.40. The molecule has 0 aromatic carbocycles. The van der Waals surface area contributed by atoms with E-state index < -0.39 is 0 Å². The zero-order chi connectivity index (χ0) is 14.1. The fourth-order valence-corrected chi connectivity index (χ4v) is 2.17. The van der Waals surface area contributed by atoms with Gasteiger partial charge < -0.3 is 5.32 Å². The molecule has 1 unspecified atom stereocenters. The maximum absolute atomic E-state index is 4.41. The molecule has 19 heavy (non-hydrogen) atoms. The summed E-state index contributed by atoms with van der Waals surface area (Å²) in [6, 6.07) is 6.81. The lowest BCUT2D eigenvalue weighted by Crippen LogP contribution is -2.31. The molecule has 1 aromatic heterocycles. The van der Waals surface area contributed by atoms with Crippen LogP contribution in [0.1, 0.15) is 59.1 Å². The summed E-state index contributed by atoms with van der Waals surface area (Å²) in [5.41, 5.74) is 1.64. The first-order chi connectivity index (χ1) is 9.01. The Morgan fingerprint density at radius 2 is 2.00 bits per heavy atom. The molecule has 1 aromatic rings. The van der Waals surface area contributed by atoms with E-state index in [1.54, 1.807) is 0 Å². The minimum absolute atomic E-state index is 0.428. The summed E-state index contributed by atoms with van der Waals surface area (Å²) in [6.45, 7) is 10.3. The predicted molar refractivity (Wildman–Crippen MR) is 83.3 cm³/mol. The SMILES string of the molecule is CCCNC(CCc1ccccn1)CCC(C)(C)C. The molecular formula is C17H30N2. The fraction of sp³-hybridized carbons (Fsp3) is 0.706. The predicted octanol–water partition coefficient (Wildman–Crippen LogP) is 4.21. The Hall–Kier alpha value is -0.890. The van der Waals surface area contributed by atoms with Crippen molar-refractivity contribution in [3.05, 3.63) is 30.1 Å². The second kappa shape index (κ2) is 8.31. The minimum Gasteiger partial charge on any atom is -0.314 e. The number of nitrogens with zero attached hydrogens (tertiary/aromatic N) is 1. The standard InChI is InChI=1S/C17H30N2/c1-5-13-18-16(11-12-17(2,3)4)10-9-15-8-6-7-14-19-15/h6-8,14,16,18H,5,9-13H2,1-4H3. The number of aromatic nitrogens is 1. The van der Waals surface area contributed by atoms with Crippen molar-refractivity contribution in [3.63, 3.8) is 0 Å². The van der Waals surface area contributed by atoms with Crippen LogP contribution in [0.5, 0.6) is 0 Å². The maximum Gasteiger partial charge on any atom is 0.0404 e. The van der Waals surface area contributed by atoms with Crippen LogP contribution in [0.15, 0.2) is 24.4 Å². The molecule has 0 fully saturated rings. The summed E-state index contributed by atoms with van der Waals surface area (Å²) >= 11 is 0. The summed E-state index contributed by atoms with van der Waals surface area (Å²) in [7, 11) is 0. The first-order valence-electron chi connectivity index (χ1n) is 7.64. The van der Waals surface area contributed by atoms with Crippen LogP contribution in [0.25, 0.3) is 0 Å². The molecule has 0 spiro atoms. The summed E-state index contributed by atoms with van der Waals surface area (Å²) in [5.74, 6) is 0. The molecule has 0 saturated heterocycles. The average molecular weight is 262 g/mol. The number of aryl methyl sites for hydroxylation is 1. The van der Waals surface area contributed by atoms with E-state index in [2.05, 4.69) is 50.1 Å². The van der Waals surface area contributed by atoms with Gasteiger partial charge in [0.1, 0.15) is 0 Å². The van der Waals surface area contributed by atoms with Crippen LogP contribution in [0.4, 0.5) is 0 Å². The van der Waals surface area contributed by atoms with Crippen molar-refractivity contribution in [1.82, 2.24) is 10.3 Å². The Kier molecular flexibility index (Phi) is 7.07. The molecule has 0 aliphatic rings. The molecule has 2 heteroatoms. The van der Waals surface area contributed by atoms with Gasteiger partial charge in [-0.2, -0.15) is 0 Å². The molecule has 0 radical (unpaired) electrons. The molecule has 0 aliphatic carbocycles. The molecule has 0 amide bonds. The van der Waals surface area contributed by atoms with Gasteiger partial charge in [-0.15, -0.1) is 0 Å². The van der Waals surface area contributed by atoms with Crippen molar-refractivity contribution in [2.24, 2.45) is 5.41 Å². The molecule has 1 heterocycles. The van der Waals surface area contributed by atoms with Crippen molar-refractivity contribution >= 4 is 0 Å². The molecule has 1 N–H and O–H groups in total. The molecule has 0 bridgehead atoms. The van der Waals surface area contributed by atoms with E-state index in [-0.39, 0.29) is 0 Å². The Morgan fingerprint density at radius 1 is 1.21 bits per heavy atom. The molecule has 0 aliphatic heterocycles. The largest absolute Gasteiger partial charge is 0.314 e. The van der Waals surface area contributed by atoms with Gasteiger partial charge in [-0.3, -0.25) is 4.98 Å². The summed E-state index contributed by atoms with van der Waals surface area (Å²) < 4.78 is 0. The average Bonchev–Trinajstić information content (AvgIpc) is 2.38. The Bertz CT molecular complexity index is 327. The number of rotatable bonds is 8. The number of pyridine rings is 1. The Morgan fingerprint density at radius 3 is 2.58 bits per heavy atom. The van der Waals surface area contributed by atoms with Crippen LogP contribution < -0.4 is 5.32 Å². The van der Waals surface area contributed by atoms with Gasteiger partial charge in [0.25, 0.3) is 0 Å². The minimum atomic E-state index is 0.428. The number of nitrogens with one attached hydrogen (secondary N) is 1. The topological polar surface area (TPSA) is 24.9 Å². The summed E-state index contributed by atoms with van der Waals surface area (Å²) in [5, 5.41) is 3.68. The van der Waals surface area contributed by atoms with Gasteiger partial charge in [0.05, 0.1) is 0 Å². The van der Waals surface area contributed by atoms with Gasteiger partial charge in [0.2, 0.25) is 0 Å². The van der Waals surface area contributed by atoms with Crippen LogP contribution in [0.2, 0.25) is 0 Å². The van der Waals surface area contributed by atoms with Crippen molar-refractivity contribution in [2.75, 3.05) is 6.54 Å². The van der Waals surface area contributed by atoms with E-state index >= 15 is 0 Å². The molecule has 1 rings (SSSR count). The monoisotopic (exact) mass is 262 g/mol. The molecule has 2 nitrogen and oxygen atoms in total. The Labute approximate surface area is 119 Å². The van der Waals surface area contributed by atoms with Gasteiger partial charge in [0, 0.05) is 17.9 Å². The Balaban J connectivity index is 2.40. The highest BCUT2D eigenvalue weighted by Gasteiger charge is 2.15. The highest BCUT2D eigenvalue weighted by molar-refractivity contribution is 5.03. The zero-order valence-electron chi connectivity index (χ0n) is 13.1. The smallest absolute Gasteiger partial charge is 0.0404 e. The van der Waals surface area contributed by atoms with E-state index in [1.165, 1.54) is 31.4 Å².